The number of hydrogen-bond donors (Lipinski definition) is 1. The van der Waals surface area contributed by atoms with E-state index in [0.717, 1.165) is 19.6 Å². The van der Waals surface area contributed by atoms with E-state index in [4.69, 9.17) is 16.3 Å². The van der Waals surface area contributed by atoms with Gasteiger partial charge < -0.3 is 14.6 Å². The van der Waals surface area contributed by atoms with Gasteiger partial charge in [-0.1, -0.05) is 11.6 Å². The Balaban J connectivity index is 2.28. The van der Waals surface area contributed by atoms with Gasteiger partial charge in [-0.3, -0.25) is 4.79 Å². The molecule has 1 atom stereocenters. The summed E-state index contributed by atoms with van der Waals surface area (Å²) in [7, 11) is 0. The fourth-order valence-electron chi connectivity index (χ4n) is 1.78. The van der Waals surface area contributed by atoms with Crippen LogP contribution in [0.2, 0.25) is 5.02 Å². The van der Waals surface area contributed by atoms with Gasteiger partial charge in [-0.05, 0) is 13.3 Å². The van der Waals surface area contributed by atoms with Crippen molar-refractivity contribution in [2.24, 2.45) is 0 Å². The summed E-state index contributed by atoms with van der Waals surface area (Å²) in [6.45, 7) is 4.24. The molecule has 88 valence electrons. The van der Waals surface area contributed by atoms with Crippen LogP contribution < -0.4 is 10.5 Å². The van der Waals surface area contributed by atoms with Crippen molar-refractivity contribution in [3.05, 3.63) is 21.7 Å². The summed E-state index contributed by atoms with van der Waals surface area (Å²) < 4.78 is 5.53. The second-order valence-corrected chi connectivity index (χ2v) is 4.23. The molecule has 5 nitrogen and oxygen atoms in total. The number of ether oxygens (including phenoxy) is 1. The summed E-state index contributed by atoms with van der Waals surface area (Å²) in [5.41, 5.74) is -0.301. The molecule has 1 aliphatic rings. The molecule has 0 aromatic carbocycles. The van der Waals surface area contributed by atoms with Gasteiger partial charge in [0.2, 0.25) is 0 Å². The van der Waals surface area contributed by atoms with Crippen LogP contribution in [0, 0.1) is 0 Å². The van der Waals surface area contributed by atoms with Gasteiger partial charge >= 0.3 is 0 Å². The number of halogens is 1. The summed E-state index contributed by atoms with van der Waals surface area (Å²) >= 11 is 5.94. The van der Waals surface area contributed by atoms with Gasteiger partial charge in [0, 0.05) is 19.7 Å². The van der Waals surface area contributed by atoms with Crippen LogP contribution in [-0.4, -0.2) is 35.8 Å². The van der Waals surface area contributed by atoms with Crippen molar-refractivity contribution in [3.8, 4) is 0 Å². The molecule has 1 unspecified atom stereocenters. The molecule has 1 aliphatic heterocycles. The van der Waals surface area contributed by atoms with E-state index in [1.54, 1.807) is 0 Å². The lowest BCUT2D eigenvalue weighted by Gasteiger charge is -2.23. The van der Waals surface area contributed by atoms with Gasteiger partial charge in [0.25, 0.3) is 5.56 Å². The molecule has 1 aromatic rings. The van der Waals surface area contributed by atoms with E-state index in [-0.39, 0.29) is 16.7 Å². The van der Waals surface area contributed by atoms with Gasteiger partial charge in [0.05, 0.1) is 12.4 Å². The zero-order valence-electron chi connectivity index (χ0n) is 9.07. The molecular formula is C10H14ClN3O2. The molecule has 0 amide bonds. The first kappa shape index (κ1) is 11.4. The lowest BCUT2D eigenvalue weighted by Crippen LogP contribution is -2.32. The van der Waals surface area contributed by atoms with Crippen molar-refractivity contribution in [1.29, 1.82) is 0 Å². The van der Waals surface area contributed by atoms with Crippen LogP contribution in [0.4, 0.5) is 5.82 Å². The zero-order chi connectivity index (χ0) is 11.5. The number of hydrogen-bond acceptors (Lipinski definition) is 4. The predicted octanol–water partition coefficient (Wildman–Crippen LogP) is 1.04. The van der Waals surface area contributed by atoms with E-state index in [2.05, 4.69) is 9.97 Å². The molecule has 2 heterocycles. The third-order valence-corrected chi connectivity index (χ3v) is 2.87. The molecule has 0 aliphatic carbocycles. The molecule has 1 saturated heterocycles. The number of aromatic amines is 1. The second kappa shape index (κ2) is 4.84. The lowest BCUT2D eigenvalue weighted by molar-refractivity contribution is 0.0820. The second-order valence-electron chi connectivity index (χ2n) is 3.85. The highest BCUT2D eigenvalue weighted by Gasteiger charge is 2.19. The van der Waals surface area contributed by atoms with Gasteiger partial charge in [-0.2, -0.15) is 0 Å². The number of H-pyrrole nitrogens is 1. The van der Waals surface area contributed by atoms with Crippen molar-refractivity contribution in [1.82, 2.24) is 9.97 Å². The Bertz CT molecular complexity index is 421. The van der Waals surface area contributed by atoms with Gasteiger partial charge in [-0.25, -0.2) is 4.98 Å². The molecule has 6 heteroatoms. The van der Waals surface area contributed by atoms with Crippen LogP contribution >= 0.6 is 11.6 Å². The first-order valence-corrected chi connectivity index (χ1v) is 5.66. The Morgan fingerprint density at radius 2 is 2.50 bits per heavy atom. The summed E-state index contributed by atoms with van der Waals surface area (Å²) in [6, 6.07) is 0. The highest BCUT2D eigenvalue weighted by molar-refractivity contribution is 6.32. The van der Waals surface area contributed by atoms with Gasteiger partial charge in [0.15, 0.2) is 5.82 Å². The number of anilines is 1. The molecule has 0 bridgehead atoms. The quantitative estimate of drug-likeness (QED) is 0.801. The Morgan fingerprint density at radius 1 is 1.69 bits per heavy atom. The Hall–Kier alpha value is -1.07. The van der Waals surface area contributed by atoms with Crippen LogP contribution in [-0.2, 0) is 4.74 Å². The average Bonchev–Trinajstić information content (AvgIpc) is 2.47. The van der Waals surface area contributed by atoms with E-state index >= 15 is 0 Å². The number of aromatic nitrogens is 2. The van der Waals surface area contributed by atoms with Crippen LogP contribution in [0.1, 0.15) is 13.3 Å². The van der Waals surface area contributed by atoms with Crippen molar-refractivity contribution < 1.29 is 4.74 Å². The Labute approximate surface area is 98.4 Å². The molecule has 2 rings (SSSR count). The normalized spacial score (nSPS) is 21.9. The van der Waals surface area contributed by atoms with Gasteiger partial charge in [0.1, 0.15) is 5.02 Å². The van der Waals surface area contributed by atoms with Crippen LogP contribution in [0.15, 0.2) is 11.1 Å². The summed E-state index contributed by atoms with van der Waals surface area (Å²) in [5.74, 6) is 0.544. The first-order chi connectivity index (χ1) is 7.68. The molecular weight excluding hydrogens is 230 g/mol. The monoisotopic (exact) mass is 243 g/mol. The third-order valence-electron chi connectivity index (χ3n) is 2.53. The predicted molar refractivity (Wildman–Crippen MR) is 62.1 cm³/mol. The van der Waals surface area contributed by atoms with E-state index in [0.29, 0.717) is 12.4 Å². The van der Waals surface area contributed by atoms with Crippen molar-refractivity contribution in [2.75, 3.05) is 24.6 Å². The molecule has 1 aromatic heterocycles. The summed E-state index contributed by atoms with van der Waals surface area (Å²) in [6.07, 6.45) is 2.41. The fourth-order valence-corrected chi connectivity index (χ4v) is 2.00. The molecule has 0 radical (unpaired) electrons. The van der Waals surface area contributed by atoms with E-state index in [1.165, 1.54) is 6.33 Å². The van der Waals surface area contributed by atoms with E-state index in [1.807, 2.05) is 11.8 Å². The Morgan fingerprint density at radius 3 is 3.31 bits per heavy atom. The first-order valence-electron chi connectivity index (χ1n) is 5.28. The molecule has 0 spiro atoms. The largest absolute Gasteiger partial charge is 0.377 e. The minimum absolute atomic E-state index is 0.125. The molecule has 1 N–H and O–H groups in total. The number of rotatable bonds is 1. The van der Waals surface area contributed by atoms with Crippen molar-refractivity contribution in [3.63, 3.8) is 0 Å². The smallest absolute Gasteiger partial charge is 0.271 e. The summed E-state index contributed by atoms with van der Waals surface area (Å²) in [4.78, 5) is 19.9. The zero-order valence-corrected chi connectivity index (χ0v) is 9.83. The lowest BCUT2D eigenvalue weighted by atomic mass is 10.3. The number of nitrogens with one attached hydrogen (secondary N) is 1. The maximum atomic E-state index is 11.4. The van der Waals surface area contributed by atoms with Crippen molar-refractivity contribution in [2.45, 2.75) is 19.4 Å². The van der Waals surface area contributed by atoms with E-state index in [9.17, 15) is 4.79 Å². The fraction of sp³-hybridized carbons (Fsp3) is 0.600. The van der Waals surface area contributed by atoms with Crippen LogP contribution in [0.3, 0.4) is 0 Å². The molecule has 0 saturated carbocycles. The Kier molecular flexibility index (Phi) is 3.46. The van der Waals surface area contributed by atoms with Crippen molar-refractivity contribution >= 4 is 17.4 Å². The van der Waals surface area contributed by atoms with E-state index < -0.39 is 0 Å². The minimum Gasteiger partial charge on any atom is -0.377 e. The minimum atomic E-state index is -0.301. The van der Waals surface area contributed by atoms with Crippen LogP contribution in [0.5, 0.6) is 0 Å². The molecule has 1 fully saturated rings. The maximum Gasteiger partial charge on any atom is 0.271 e. The highest BCUT2D eigenvalue weighted by Crippen LogP contribution is 2.20. The summed E-state index contributed by atoms with van der Waals surface area (Å²) in [5, 5.41) is 0.150. The standard InChI is InChI=1S/C10H14ClN3O2/c1-7-5-14(3-2-4-16-7)9-8(11)10(15)13-6-12-9/h6-7H,2-5H2,1H3,(H,12,13,15). The molecule has 16 heavy (non-hydrogen) atoms. The van der Waals surface area contributed by atoms with Crippen LogP contribution in [0.25, 0.3) is 0 Å². The third kappa shape index (κ3) is 2.36. The average molecular weight is 244 g/mol. The van der Waals surface area contributed by atoms with Gasteiger partial charge in [-0.15, -0.1) is 0 Å². The SMILES string of the molecule is CC1CN(c2nc[nH]c(=O)c2Cl)CCCO1. The topological polar surface area (TPSA) is 58.2 Å². The highest BCUT2D eigenvalue weighted by atomic mass is 35.5. The number of nitrogens with zero attached hydrogens (tertiary/aromatic N) is 2. The maximum absolute atomic E-state index is 11.4.